The highest BCUT2D eigenvalue weighted by Crippen LogP contribution is 2.41. The molecule has 1 aliphatic carbocycles. The largest absolute Gasteiger partial charge is 0.463 e. The van der Waals surface area contributed by atoms with Gasteiger partial charge in [0.25, 0.3) is 0 Å². The van der Waals surface area contributed by atoms with Crippen molar-refractivity contribution < 1.29 is 19.1 Å². The van der Waals surface area contributed by atoms with Gasteiger partial charge in [-0.15, -0.1) is 0 Å². The van der Waals surface area contributed by atoms with Crippen LogP contribution in [0.2, 0.25) is 5.02 Å². The molecule has 1 amide bonds. The second kappa shape index (κ2) is 15.1. The standard InChI is InChI=1S/C27H25ClN4O3S.C3H7NO/c1-2-34-27(33)24-22(35-25(31)20(14-30)23(24)16-8-10-19(28)11-9-16)15-36-26-18(13-29)12-17-6-4-3-5-7-21(17)32-26;1-4(2)3-5/h8-12,23H,2-7,15,31H2,1H3;3H,1-2H3. The molecule has 0 fully saturated rings. The Morgan fingerprint density at radius 1 is 1.22 bits per heavy atom. The molecule has 0 bridgehead atoms. The van der Waals surface area contributed by atoms with Crippen LogP contribution < -0.4 is 5.73 Å². The van der Waals surface area contributed by atoms with Gasteiger partial charge >= 0.3 is 5.97 Å². The van der Waals surface area contributed by atoms with E-state index in [1.54, 1.807) is 45.3 Å². The van der Waals surface area contributed by atoms with E-state index in [1.807, 2.05) is 6.07 Å². The number of benzene rings is 1. The number of aromatic nitrogens is 1. The number of rotatable bonds is 7. The number of carbonyl (C=O) groups excluding carboxylic acids is 2. The fourth-order valence-corrected chi connectivity index (χ4v) is 5.50. The first-order valence-corrected chi connectivity index (χ1v) is 14.5. The quantitative estimate of drug-likeness (QED) is 0.203. The third-order valence-corrected chi connectivity index (χ3v) is 7.63. The van der Waals surface area contributed by atoms with Gasteiger partial charge in [-0.25, -0.2) is 9.78 Å². The van der Waals surface area contributed by atoms with Crippen LogP contribution in [0.5, 0.6) is 0 Å². The van der Waals surface area contributed by atoms with Crippen LogP contribution in [0.15, 0.2) is 58.1 Å². The van der Waals surface area contributed by atoms with Crippen LogP contribution >= 0.6 is 23.4 Å². The minimum atomic E-state index is -0.772. The fourth-order valence-electron chi connectivity index (χ4n) is 4.46. The number of thioether (sulfide) groups is 1. The van der Waals surface area contributed by atoms with Gasteiger partial charge in [0.05, 0.1) is 29.4 Å². The van der Waals surface area contributed by atoms with Crippen molar-refractivity contribution in [2.24, 2.45) is 5.73 Å². The predicted molar refractivity (Wildman–Crippen MR) is 156 cm³/mol. The summed E-state index contributed by atoms with van der Waals surface area (Å²) in [5, 5.41) is 20.7. The molecule has 2 N–H and O–H groups in total. The van der Waals surface area contributed by atoms with E-state index in [0.29, 0.717) is 21.2 Å². The lowest BCUT2D eigenvalue weighted by molar-refractivity contribution is -0.139. The Kier molecular flexibility index (Phi) is 11.6. The normalized spacial score (nSPS) is 16.1. The van der Waals surface area contributed by atoms with Crippen molar-refractivity contribution in [1.82, 2.24) is 9.88 Å². The van der Waals surface area contributed by atoms with Gasteiger partial charge < -0.3 is 20.1 Å². The van der Waals surface area contributed by atoms with Crippen molar-refractivity contribution in [3.05, 3.63) is 80.5 Å². The number of nitrogens with zero attached hydrogens (tertiary/aromatic N) is 4. The van der Waals surface area contributed by atoms with Crippen LogP contribution in [0.3, 0.4) is 0 Å². The molecule has 2 aromatic rings. The lowest BCUT2D eigenvalue weighted by atomic mass is 9.83. The number of fused-ring (bicyclic) bond motifs is 1. The highest BCUT2D eigenvalue weighted by atomic mass is 35.5. The predicted octanol–water partition coefficient (Wildman–Crippen LogP) is 5.00. The molecule has 2 heterocycles. The molecule has 2 aliphatic rings. The number of allylic oxidation sites excluding steroid dienone is 1. The van der Waals surface area contributed by atoms with Crippen LogP contribution in [-0.2, 0) is 31.9 Å². The summed E-state index contributed by atoms with van der Waals surface area (Å²) in [6.07, 6.45) is 5.85. The number of esters is 1. The van der Waals surface area contributed by atoms with Crippen LogP contribution in [0.1, 0.15) is 54.5 Å². The van der Waals surface area contributed by atoms with E-state index < -0.39 is 11.9 Å². The van der Waals surface area contributed by atoms with Crippen LogP contribution in [0.25, 0.3) is 0 Å². The summed E-state index contributed by atoms with van der Waals surface area (Å²) in [4.78, 5) is 28.8. The molecule has 1 atom stereocenters. The Bertz CT molecular complexity index is 1420. The Labute approximate surface area is 249 Å². The lowest BCUT2D eigenvalue weighted by Crippen LogP contribution is -2.27. The molecule has 0 spiro atoms. The Morgan fingerprint density at radius 3 is 2.51 bits per heavy atom. The highest BCUT2D eigenvalue weighted by molar-refractivity contribution is 7.99. The van der Waals surface area contributed by atoms with Gasteiger partial charge in [-0.3, -0.25) is 4.79 Å². The van der Waals surface area contributed by atoms with Crippen molar-refractivity contribution >= 4 is 35.7 Å². The first-order chi connectivity index (χ1) is 19.7. The van der Waals surface area contributed by atoms with Gasteiger partial charge in [0.2, 0.25) is 12.3 Å². The molecule has 1 aromatic carbocycles. The zero-order valence-corrected chi connectivity index (χ0v) is 24.8. The highest BCUT2D eigenvalue weighted by Gasteiger charge is 2.37. The lowest BCUT2D eigenvalue weighted by Gasteiger charge is -2.28. The molecule has 41 heavy (non-hydrogen) atoms. The van der Waals surface area contributed by atoms with Gasteiger partial charge in [0.1, 0.15) is 28.5 Å². The van der Waals surface area contributed by atoms with E-state index >= 15 is 0 Å². The first kappa shape index (κ1) is 31.5. The number of amides is 1. The van der Waals surface area contributed by atoms with Gasteiger partial charge in [-0.1, -0.05) is 41.9 Å². The van der Waals surface area contributed by atoms with Crippen LogP contribution in [0.4, 0.5) is 0 Å². The second-order valence-corrected chi connectivity index (χ2v) is 10.9. The number of carbonyl (C=O) groups is 2. The molecule has 9 nitrogen and oxygen atoms in total. The number of halogens is 1. The number of hydrogen-bond donors (Lipinski definition) is 1. The van der Waals surface area contributed by atoms with Gasteiger partial charge in [0, 0.05) is 24.8 Å². The molecule has 1 aliphatic heterocycles. The van der Waals surface area contributed by atoms with E-state index in [1.165, 1.54) is 16.7 Å². The number of aryl methyl sites for hydroxylation is 2. The molecular formula is C30H32ClN5O4S. The number of ether oxygens (including phenoxy) is 2. The molecule has 4 rings (SSSR count). The Morgan fingerprint density at radius 2 is 1.90 bits per heavy atom. The average molecular weight is 594 g/mol. The van der Waals surface area contributed by atoms with Crippen LogP contribution in [0, 0.1) is 22.7 Å². The summed E-state index contributed by atoms with van der Waals surface area (Å²) >= 11 is 7.37. The smallest absolute Gasteiger partial charge is 0.338 e. The molecule has 0 radical (unpaired) electrons. The summed E-state index contributed by atoms with van der Waals surface area (Å²) in [7, 11) is 3.38. The maximum atomic E-state index is 13.2. The van der Waals surface area contributed by atoms with Gasteiger partial charge in [0.15, 0.2) is 0 Å². The monoisotopic (exact) mass is 593 g/mol. The number of hydrogen-bond acceptors (Lipinski definition) is 9. The van der Waals surface area contributed by atoms with Crippen molar-refractivity contribution in [1.29, 1.82) is 10.5 Å². The SMILES string of the molecule is CCOC(=O)C1=C(CSc2nc3c(cc2C#N)CCCCC3)OC(N)=C(C#N)C1c1ccc(Cl)cc1.CN(C)C=O. The van der Waals surface area contributed by atoms with Crippen molar-refractivity contribution in [2.75, 3.05) is 26.5 Å². The minimum Gasteiger partial charge on any atom is -0.463 e. The zero-order valence-electron chi connectivity index (χ0n) is 23.3. The van der Waals surface area contributed by atoms with Gasteiger partial charge in [-0.05, 0) is 61.9 Å². The van der Waals surface area contributed by atoms with Crippen molar-refractivity contribution in [3.63, 3.8) is 0 Å². The fraction of sp³-hybridized carbons (Fsp3) is 0.367. The number of nitrogens with two attached hydrogens (primary N) is 1. The minimum absolute atomic E-state index is 0.0727. The van der Waals surface area contributed by atoms with Gasteiger partial charge in [-0.2, -0.15) is 10.5 Å². The molecule has 214 valence electrons. The maximum absolute atomic E-state index is 13.2. The van der Waals surface area contributed by atoms with E-state index in [4.69, 9.17) is 31.8 Å². The van der Waals surface area contributed by atoms with Crippen molar-refractivity contribution in [2.45, 2.75) is 50.0 Å². The molecule has 11 heteroatoms. The summed E-state index contributed by atoms with van der Waals surface area (Å²) in [5.41, 5.74) is 9.77. The molecule has 0 saturated carbocycles. The number of nitriles is 2. The molecular weight excluding hydrogens is 562 g/mol. The molecule has 1 aromatic heterocycles. The van der Waals surface area contributed by atoms with Crippen molar-refractivity contribution in [3.8, 4) is 12.1 Å². The third-order valence-electron chi connectivity index (χ3n) is 6.38. The summed E-state index contributed by atoms with van der Waals surface area (Å²) in [6.45, 7) is 1.87. The maximum Gasteiger partial charge on any atom is 0.338 e. The summed E-state index contributed by atoms with van der Waals surface area (Å²) in [5.74, 6) is -0.986. The second-order valence-electron chi connectivity index (χ2n) is 9.51. The number of pyridine rings is 1. The zero-order chi connectivity index (χ0) is 29.9. The average Bonchev–Trinajstić information content (AvgIpc) is 3.20. The Balaban J connectivity index is 0.000000850. The summed E-state index contributed by atoms with van der Waals surface area (Å²) in [6, 6.07) is 13.1. The molecule has 1 unspecified atom stereocenters. The van der Waals surface area contributed by atoms with E-state index in [9.17, 15) is 20.1 Å². The third kappa shape index (κ3) is 8.03. The summed E-state index contributed by atoms with van der Waals surface area (Å²) < 4.78 is 11.2. The van der Waals surface area contributed by atoms with Crippen LogP contribution in [-0.4, -0.2) is 48.7 Å². The Hall–Kier alpha value is -3.99. The van der Waals surface area contributed by atoms with E-state index in [0.717, 1.165) is 49.8 Å². The first-order valence-electron chi connectivity index (χ1n) is 13.1. The van der Waals surface area contributed by atoms with E-state index in [-0.39, 0.29) is 35.1 Å². The topological polar surface area (TPSA) is 142 Å². The molecule has 0 saturated heterocycles. The van der Waals surface area contributed by atoms with E-state index in [2.05, 4.69) is 12.1 Å².